The molecular weight excluding hydrogens is 565 g/mol. The predicted octanol–water partition coefficient (Wildman–Crippen LogP) is 3.23. The lowest BCUT2D eigenvalue weighted by Crippen LogP contribution is -2.75. The van der Waals surface area contributed by atoms with E-state index in [1.54, 1.807) is 0 Å². The van der Waals surface area contributed by atoms with Crippen LogP contribution < -0.4 is 4.72 Å². The number of aliphatic hydroxyl groups is 2. The van der Waals surface area contributed by atoms with Gasteiger partial charge >= 0.3 is 47.0 Å². The molecule has 0 saturated carbocycles. The molecule has 0 bridgehead atoms. The molecule has 0 aromatic carbocycles. The first kappa shape index (κ1) is 32.6. The van der Waals surface area contributed by atoms with Crippen LogP contribution in [0.2, 0.25) is 0 Å². The Morgan fingerprint density at radius 2 is 0.882 bits per heavy atom. The van der Waals surface area contributed by atoms with Crippen molar-refractivity contribution in [3.63, 3.8) is 0 Å². The predicted molar refractivity (Wildman–Crippen MR) is 70.7 cm³/mol. The highest BCUT2D eigenvalue weighted by molar-refractivity contribution is 7.90. The summed E-state index contributed by atoms with van der Waals surface area (Å²) in [6, 6.07) is 0. The summed E-state index contributed by atoms with van der Waals surface area (Å²) in [6.07, 6.45) is -10.4. The first-order valence-corrected chi connectivity index (χ1v) is 8.93. The lowest BCUT2D eigenvalue weighted by molar-refractivity contribution is -0.458. The standard InChI is InChI=1S/C11H8F17NO4S/c12-4(13,6(16,17)8(20,21)10(24,25)26)5(14,15)7(18,19)9(22,23)11(27,28)34(32,33)29-1-3(31)2-30/h3,29-31H,1-2H2. The molecule has 23 heteroatoms. The fourth-order valence-corrected chi connectivity index (χ4v) is 2.74. The fourth-order valence-electron chi connectivity index (χ4n) is 1.68. The van der Waals surface area contributed by atoms with Gasteiger partial charge in [-0.3, -0.25) is 0 Å². The van der Waals surface area contributed by atoms with Crippen molar-refractivity contribution in [3.8, 4) is 0 Å². The molecule has 5 nitrogen and oxygen atoms in total. The molecule has 0 amide bonds. The van der Waals surface area contributed by atoms with Crippen LogP contribution in [0.3, 0.4) is 0 Å². The smallest absolute Gasteiger partial charge is 0.394 e. The van der Waals surface area contributed by atoms with Crippen LogP contribution in [0.4, 0.5) is 74.6 Å². The highest BCUT2D eigenvalue weighted by atomic mass is 32.2. The van der Waals surface area contributed by atoms with Crippen molar-refractivity contribution in [2.24, 2.45) is 0 Å². The second-order valence-corrected chi connectivity index (χ2v) is 7.96. The summed E-state index contributed by atoms with van der Waals surface area (Å²) in [6.45, 7) is -3.48. The molecule has 0 rings (SSSR count). The average Bonchev–Trinajstić information content (AvgIpc) is 2.63. The molecule has 1 unspecified atom stereocenters. The summed E-state index contributed by atoms with van der Waals surface area (Å²) in [7, 11) is -7.48. The minimum atomic E-state index is -8.91. The maximum absolute atomic E-state index is 13.5. The van der Waals surface area contributed by atoms with Gasteiger partial charge in [-0.1, -0.05) is 0 Å². The Morgan fingerprint density at radius 3 is 1.18 bits per heavy atom. The minimum Gasteiger partial charge on any atom is -0.394 e. The van der Waals surface area contributed by atoms with Crippen molar-refractivity contribution in [3.05, 3.63) is 0 Å². The van der Waals surface area contributed by atoms with E-state index in [2.05, 4.69) is 0 Å². The van der Waals surface area contributed by atoms with E-state index >= 15 is 0 Å². The van der Waals surface area contributed by atoms with Crippen LogP contribution in [0.15, 0.2) is 0 Å². The van der Waals surface area contributed by atoms with Crippen molar-refractivity contribution in [1.29, 1.82) is 0 Å². The molecule has 1 atom stereocenters. The van der Waals surface area contributed by atoms with Gasteiger partial charge in [-0.2, -0.15) is 74.6 Å². The topological polar surface area (TPSA) is 86.6 Å². The van der Waals surface area contributed by atoms with Gasteiger partial charge in [0, 0.05) is 6.54 Å². The lowest BCUT2D eigenvalue weighted by Gasteiger charge is -2.42. The van der Waals surface area contributed by atoms with E-state index in [0.717, 1.165) is 0 Å². The Kier molecular flexibility index (Phi) is 8.29. The summed E-state index contributed by atoms with van der Waals surface area (Å²) in [5.41, 5.74) is 0. The van der Waals surface area contributed by atoms with E-state index in [-0.39, 0.29) is 4.72 Å². The van der Waals surface area contributed by atoms with Crippen molar-refractivity contribution >= 4 is 10.0 Å². The van der Waals surface area contributed by atoms with Gasteiger partial charge in [0.1, 0.15) is 0 Å². The summed E-state index contributed by atoms with van der Waals surface area (Å²) >= 11 is 0. The Balaban J connectivity index is 6.77. The van der Waals surface area contributed by atoms with Crippen molar-refractivity contribution in [2.75, 3.05) is 13.2 Å². The van der Waals surface area contributed by atoms with Crippen molar-refractivity contribution < 1.29 is 93.3 Å². The number of alkyl halides is 17. The van der Waals surface area contributed by atoms with E-state index in [4.69, 9.17) is 10.2 Å². The number of aliphatic hydroxyl groups excluding tert-OH is 2. The number of sulfonamides is 1. The van der Waals surface area contributed by atoms with Gasteiger partial charge in [0.05, 0.1) is 12.7 Å². The molecule has 3 N–H and O–H groups in total. The monoisotopic (exact) mass is 573 g/mol. The number of hydrogen-bond donors (Lipinski definition) is 3. The highest BCUT2D eigenvalue weighted by Crippen LogP contribution is 2.64. The quantitative estimate of drug-likeness (QED) is 0.332. The van der Waals surface area contributed by atoms with Gasteiger partial charge in [-0.25, -0.2) is 13.1 Å². The third-order valence-electron chi connectivity index (χ3n) is 3.75. The van der Waals surface area contributed by atoms with Crippen LogP contribution >= 0.6 is 0 Å². The van der Waals surface area contributed by atoms with Crippen molar-refractivity contribution in [1.82, 2.24) is 4.72 Å². The van der Waals surface area contributed by atoms with Crippen LogP contribution in [0.25, 0.3) is 0 Å². The molecular formula is C11H8F17NO4S. The highest BCUT2D eigenvalue weighted by Gasteiger charge is 2.96. The zero-order valence-corrected chi connectivity index (χ0v) is 15.9. The fraction of sp³-hybridized carbons (Fsp3) is 1.00. The first-order chi connectivity index (χ1) is 14.5. The van der Waals surface area contributed by atoms with Gasteiger partial charge in [-0.05, 0) is 0 Å². The summed E-state index contributed by atoms with van der Waals surface area (Å²) in [4.78, 5) is 0. The van der Waals surface area contributed by atoms with Gasteiger partial charge < -0.3 is 10.2 Å². The van der Waals surface area contributed by atoms with E-state index < -0.39 is 76.2 Å². The molecule has 206 valence electrons. The largest absolute Gasteiger partial charge is 0.460 e. The van der Waals surface area contributed by atoms with E-state index in [1.807, 2.05) is 0 Å². The number of halogens is 17. The van der Waals surface area contributed by atoms with Gasteiger partial charge in [-0.15, -0.1) is 0 Å². The second-order valence-electron chi connectivity index (χ2n) is 6.15. The molecule has 0 aromatic rings. The average molecular weight is 573 g/mol. The van der Waals surface area contributed by atoms with Crippen molar-refractivity contribution in [2.45, 2.75) is 53.1 Å². The summed E-state index contributed by atoms with van der Waals surface area (Å²) < 4.78 is 244. The molecule has 0 heterocycles. The first-order valence-electron chi connectivity index (χ1n) is 7.45. The molecule has 0 radical (unpaired) electrons. The molecule has 0 saturated heterocycles. The molecule has 0 aromatic heterocycles. The summed E-state index contributed by atoms with van der Waals surface area (Å²) in [5.74, 6) is -52.0. The number of rotatable bonds is 11. The zero-order chi connectivity index (χ0) is 28.2. The van der Waals surface area contributed by atoms with Crippen LogP contribution in [-0.4, -0.2) is 84.9 Å². The third kappa shape index (κ3) is 4.35. The third-order valence-corrected chi connectivity index (χ3v) is 5.23. The molecule has 0 spiro atoms. The van der Waals surface area contributed by atoms with Gasteiger partial charge in [0.25, 0.3) is 10.0 Å². The normalized spacial score (nSPS) is 17.1. The van der Waals surface area contributed by atoms with E-state index in [1.165, 1.54) is 0 Å². The van der Waals surface area contributed by atoms with Crippen LogP contribution in [0.5, 0.6) is 0 Å². The molecule has 0 aliphatic heterocycles. The van der Waals surface area contributed by atoms with Gasteiger partial charge in [0.2, 0.25) is 0 Å². The van der Waals surface area contributed by atoms with Crippen LogP contribution in [0, 0.1) is 0 Å². The summed E-state index contributed by atoms with van der Waals surface area (Å²) in [5, 5.41) is 9.27. The second kappa shape index (κ2) is 8.64. The van der Waals surface area contributed by atoms with Gasteiger partial charge in [0.15, 0.2) is 0 Å². The Bertz CT molecular complexity index is 837. The van der Waals surface area contributed by atoms with E-state index in [9.17, 15) is 83.1 Å². The molecule has 34 heavy (non-hydrogen) atoms. The van der Waals surface area contributed by atoms with Crippen LogP contribution in [0.1, 0.15) is 0 Å². The molecule has 0 fully saturated rings. The Morgan fingerprint density at radius 1 is 0.588 bits per heavy atom. The SMILES string of the molecule is O=S(=O)(NCC(O)CO)C(F)(F)C(F)(F)C(F)(F)C(F)(F)C(F)(F)C(F)(F)C(F)(F)C(F)(F)F. The van der Waals surface area contributed by atoms with E-state index in [0.29, 0.717) is 0 Å². The molecule has 0 aliphatic rings. The lowest BCUT2D eigenvalue weighted by atomic mass is 9.91. The Labute approximate surface area is 175 Å². The maximum Gasteiger partial charge on any atom is 0.460 e. The molecule has 0 aliphatic carbocycles. The maximum atomic E-state index is 13.5. The zero-order valence-electron chi connectivity index (χ0n) is 15.0. The Hall–Kier alpha value is -1.36. The number of nitrogens with one attached hydrogen (secondary N) is 1. The van der Waals surface area contributed by atoms with Crippen LogP contribution in [-0.2, 0) is 10.0 Å². The number of hydrogen-bond acceptors (Lipinski definition) is 4. The minimum absolute atomic E-state index is 0.142.